The Labute approximate surface area is 240 Å². The number of rotatable bonds is 10. The molecule has 4 saturated carbocycles. The van der Waals surface area contributed by atoms with E-state index in [0.29, 0.717) is 49.2 Å². The lowest BCUT2D eigenvalue weighted by molar-refractivity contribution is -0.937. The summed E-state index contributed by atoms with van der Waals surface area (Å²) in [4.78, 5) is 36.9. The zero-order valence-electron chi connectivity index (χ0n) is 24.8. The number of hydrogen-bond donors (Lipinski definition) is 1. The Kier molecular flexibility index (Phi) is 8.42. The highest BCUT2D eigenvalue weighted by molar-refractivity contribution is 5.66. The molecule has 0 aromatic rings. The summed E-state index contributed by atoms with van der Waals surface area (Å²) in [5.41, 5.74) is -0.0127. The van der Waals surface area contributed by atoms with E-state index in [1.54, 1.807) is 11.8 Å². The van der Waals surface area contributed by atoms with E-state index in [9.17, 15) is 19.5 Å². The molecule has 1 saturated heterocycles. The Balaban J connectivity index is 1.43. The Hall–Kier alpha value is -1.93. The van der Waals surface area contributed by atoms with Crippen LogP contribution in [0.5, 0.6) is 0 Å². The number of carbonyl (C=O) groups is 3. The van der Waals surface area contributed by atoms with Crippen LogP contribution >= 0.6 is 0 Å². The maximum absolute atomic E-state index is 12.5. The van der Waals surface area contributed by atoms with Crippen molar-refractivity contribution in [2.75, 3.05) is 32.8 Å². The molecule has 5 fully saturated rings. The molecule has 0 spiro atoms. The van der Waals surface area contributed by atoms with E-state index < -0.39 is 6.10 Å². The van der Waals surface area contributed by atoms with Gasteiger partial charge < -0.3 is 24.0 Å². The molecule has 0 bridgehead atoms. The van der Waals surface area contributed by atoms with Crippen molar-refractivity contribution in [3.63, 3.8) is 0 Å². The second-order valence-corrected chi connectivity index (χ2v) is 14.3. The summed E-state index contributed by atoms with van der Waals surface area (Å²) in [7, 11) is 0. The molecule has 4 aliphatic carbocycles. The van der Waals surface area contributed by atoms with E-state index in [1.807, 2.05) is 0 Å². The van der Waals surface area contributed by atoms with E-state index in [0.717, 1.165) is 69.1 Å². The van der Waals surface area contributed by atoms with Gasteiger partial charge in [0.25, 0.3) is 6.47 Å². The first-order valence-corrected chi connectivity index (χ1v) is 15.7. The SMILES string of the molecule is C=CC[N+]1([C@H]2C[C@H]3[C@@H]4CC[C@H]5C[C@H](O)[C@@H](N(C=O)CCOC=O)C[C@]5(C)[C@H]4CC[C@]3(C)[C@H]2OC(C)=O)CCCC1. The van der Waals surface area contributed by atoms with Gasteiger partial charge in [0.05, 0.1) is 38.3 Å². The predicted octanol–water partition coefficient (Wildman–Crippen LogP) is 3.71. The first-order valence-electron chi connectivity index (χ1n) is 15.7. The highest BCUT2D eigenvalue weighted by Crippen LogP contribution is 2.67. The van der Waals surface area contributed by atoms with E-state index in [-0.39, 0.29) is 35.6 Å². The zero-order valence-corrected chi connectivity index (χ0v) is 24.8. The Morgan fingerprint density at radius 1 is 1.10 bits per heavy atom. The third-order valence-corrected chi connectivity index (χ3v) is 12.7. The number of likely N-dealkylation sites (tertiary alicyclic amines) is 1. The molecule has 1 N–H and O–H groups in total. The van der Waals surface area contributed by atoms with E-state index in [4.69, 9.17) is 9.47 Å². The highest BCUT2D eigenvalue weighted by Gasteiger charge is 2.67. The quantitative estimate of drug-likeness (QED) is 0.144. The van der Waals surface area contributed by atoms with Gasteiger partial charge in [-0.15, -0.1) is 0 Å². The summed E-state index contributed by atoms with van der Waals surface area (Å²) in [5.74, 6) is 1.83. The highest BCUT2D eigenvalue weighted by atomic mass is 16.5. The first-order chi connectivity index (χ1) is 19.1. The van der Waals surface area contributed by atoms with Gasteiger partial charge in [-0.3, -0.25) is 14.4 Å². The van der Waals surface area contributed by atoms with Crippen molar-refractivity contribution in [1.82, 2.24) is 4.90 Å². The standard InChI is InChI=1S/C32H51N2O6/c1-5-13-34(14-6-7-15-34)28-18-26-24-9-8-23-17-29(38)27(33(20-35)12-16-39-21-36)19-32(23,4)25(24)10-11-31(26,3)30(28)40-22(2)37/h5,20-21,23-30,38H,1,6-19H2,2-4H3/q+1/t23-,24+,25-,26-,27-,28-,29-,30-,31-,32-/m0/s1. The summed E-state index contributed by atoms with van der Waals surface area (Å²) >= 11 is 0. The molecule has 224 valence electrons. The number of carbonyl (C=O) groups excluding carboxylic acids is 3. The minimum Gasteiger partial charge on any atom is -0.466 e. The van der Waals surface area contributed by atoms with Crippen LogP contribution in [0.3, 0.4) is 0 Å². The smallest absolute Gasteiger partial charge is 0.303 e. The Morgan fingerprint density at radius 3 is 2.50 bits per heavy atom. The predicted molar refractivity (Wildman–Crippen MR) is 151 cm³/mol. The minimum atomic E-state index is -0.562. The minimum absolute atomic E-state index is 0.0248. The Bertz CT molecular complexity index is 967. The molecule has 0 unspecified atom stereocenters. The molecule has 0 radical (unpaired) electrons. The Morgan fingerprint density at radius 2 is 1.85 bits per heavy atom. The number of ether oxygens (including phenoxy) is 2. The van der Waals surface area contributed by atoms with Crippen LogP contribution in [0, 0.1) is 34.5 Å². The van der Waals surface area contributed by atoms with Gasteiger partial charge >= 0.3 is 5.97 Å². The molecule has 8 heteroatoms. The number of esters is 1. The van der Waals surface area contributed by atoms with Crippen molar-refractivity contribution in [2.24, 2.45) is 34.5 Å². The fourth-order valence-electron chi connectivity index (χ4n) is 10.9. The summed E-state index contributed by atoms with van der Waals surface area (Å²) in [6, 6.07) is 0.0465. The number of fused-ring (bicyclic) bond motifs is 5. The van der Waals surface area contributed by atoms with Gasteiger partial charge in [-0.25, -0.2) is 0 Å². The third-order valence-electron chi connectivity index (χ3n) is 12.7. The second-order valence-electron chi connectivity index (χ2n) is 14.3. The van der Waals surface area contributed by atoms with Crippen LogP contribution in [-0.2, 0) is 23.9 Å². The van der Waals surface area contributed by atoms with E-state index in [2.05, 4.69) is 26.5 Å². The van der Waals surface area contributed by atoms with Gasteiger partial charge in [-0.1, -0.05) is 20.4 Å². The third kappa shape index (κ3) is 4.81. The van der Waals surface area contributed by atoms with Crippen LogP contribution < -0.4 is 0 Å². The average molecular weight is 560 g/mol. The van der Waals surface area contributed by atoms with Crippen LogP contribution in [0.4, 0.5) is 0 Å². The van der Waals surface area contributed by atoms with Gasteiger partial charge in [-0.2, -0.15) is 0 Å². The molecule has 0 aromatic carbocycles. The summed E-state index contributed by atoms with van der Waals surface area (Å²) in [6.45, 7) is 14.6. The maximum Gasteiger partial charge on any atom is 0.303 e. The van der Waals surface area contributed by atoms with Gasteiger partial charge in [-0.05, 0) is 73.7 Å². The largest absolute Gasteiger partial charge is 0.466 e. The van der Waals surface area contributed by atoms with Crippen LogP contribution in [-0.4, -0.2) is 90.4 Å². The lowest BCUT2D eigenvalue weighted by atomic mass is 9.44. The number of aliphatic hydroxyl groups excluding tert-OH is 1. The zero-order chi connectivity index (χ0) is 28.7. The number of nitrogens with zero attached hydrogens (tertiary/aromatic N) is 2. The number of amides is 1. The number of aliphatic hydroxyl groups is 1. The molecule has 5 rings (SSSR count). The molecule has 8 nitrogen and oxygen atoms in total. The number of quaternary nitrogens is 1. The fraction of sp³-hybridized carbons (Fsp3) is 0.844. The fourth-order valence-corrected chi connectivity index (χ4v) is 10.9. The van der Waals surface area contributed by atoms with E-state index in [1.165, 1.54) is 12.8 Å². The molecule has 0 aromatic heterocycles. The summed E-state index contributed by atoms with van der Waals surface area (Å²) in [5, 5.41) is 11.2. The summed E-state index contributed by atoms with van der Waals surface area (Å²) in [6.07, 6.45) is 11.7. The van der Waals surface area contributed by atoms with E-state index >= 15 is 0 Å². The van der Waals surface area contributed by atoms with Crippen LogP contribution in [0.1, 0.15) is 78.6 Å². The van der Waals surface area contributed by atoms with Gasteiger partial charge in [0.15, 0.2) is 6.10 Å². The lowest BCUT2D eigenvalue weighted by Gasteiger charge is -2.62. The molecule has 1 aliphatic heterocycles. The first kappa shape index (κ1) is 29.6. The molecule has 1 heterocycles. The molecule has 1 amide bonds. The van der Waals surface area contributed by atoms with Crippen molar-refractivity contribution in [2.45, 2.75) is 103 Å². The maximum atomic E-state index is 12.5. The van der Waals surface area contributed by atoms with Gasteiger partial charge in [0.1, 0.15) is 12.6 Å². The number of hydrogen-bond acceptors (Lipinski definition) is 6. The van der Waals surface area contributed by atoms with Crippen LogP contribution in [0.25, 0.3) is 0 Å². The molecule has 40 heavy (non-hydrogen) atoms. The van der Waals surface area contributed by atoms with Crippen molar-refractivity contribution in [3.8, 4) is 0 Å². The van der Waals surface area contributed by atoms with Crippen molar-refractivity contribution < 1.29 is 33.4 Å². The van der Waals surface area contributed by atoms with Crippen molar-refractivity contribution in [1.29, 1.82) is 0 Å². The average Bonchev–Trinajstić information content (AvgIpc) is 3.50. The van der Waals surface area contributed by atoms with Crippen molar-refractivity contribution >= 4 is 18.9 Å². The van der Waals surface area contributed by atoms with Gasteiger partial charge in [0.2, 0.25) is 6.41 Å². The monoisotopic (exact) mass is 559 g/mol. The van der Waals surface area contributed by atoms with Gasteiger partial charge in [0, 0.05) is 31.6 Å². The topological polar surface area (TPSA) is 93.1 Å². The second kappa shape index (κ2) is 11.4. The lowest BCUT2D eigenvalue weighted by Crippen LogP contribution is -2.60. The molecular weight excluding hydrogens is 508 g/mol. The molecule has 10 atom stereocenters. The molecule has 5 aliphatic rings. The van der Waals surface area contributed by atoms with Crippen molar-refractivity contribution in [3.05, 3.63) is 12.7 Å². The van der Waals surface area contributed by atoms with Crippen LogP contribution in [0.15, 0.2) is 12.7 Å². The normalized spacial score (nSPS) is 43.5. The molecular formula is C32H51N2O6+. The van der Waals surface area contributed by atoms with Crippen LogP contribution in [0.2, 0.25) is 0 Å². The summed E-state index contributed by atoms with van der Waals surface area (Å²) < 4.78 is 12.2.